The van der Waals surface area contributed by atoms with E-state index in [1.807, 2.05) is 38.1 Å². The van der Waals surface area contributed by atoms with Crippen molar-refractivity contribution in [2.24, 2.45) is 0 Å². The molecule has 0 saturated carbocycles. The van der Waals surface area contributed by atoms with E-state index >= 15 is 0 Å². The molecule has 0 spiro atoms. The van der Waals surface area contributed by atoms with Gasteiger partial charge in [0, 0.05) is 3.57 Å². The Morgan fingerprint density at radius 1 is 1.36 bits per heavy atom. The first-order chi connectivity index (χ1) is 5.18. The second-order valence-electron chi connectivity index (χ2n) is 2.62. The lowest BCUT2D eigenvalue weighted by Gasteiger charge is -2.08. The van der Waals surface area contributed by atoms with Gasteiger partial charge in [-0.15, -0.1) is 0 Å². The molecule has 0 saturated heterocycles. The number of hydrogen-bond donors (Lipinski definition) is 0. The lowest BCUT2D eigenvalue weighted by molar-refractivity contribution is 0.242. The molecule has 0 aromatic heterocycles. The van der Waals surface area contributed by atoms with Crippen molar-refractivity contribution in [2.75, 3.05) is 0 Å². The summed E-state index contributed by atoms with van der Waals surface area (Å²) in [4.78, 5) is 0. The molecule has 0 heterocycles. The molecule has 0 radical (unpaired) electrons. The normalized spacial score (nSPS) is 10.2. The molecule has 0 bridgehead atoms. The highest BCUT2D eigenvalue weighted by molar-refractivity contribution is 14.1. The minimum Gasteiger partial charge on any atom is -0.491 e. The van der Waals surface area contributed by atoms with Crippen LogP contribution in [-0.4, -0.2) is 6.10 Å². The lowest BCUT2D eigenvalue weighted by atomic mass is 10.3. The number of rotatable bonds is 2. The second kappa shape index (κ2) is 3.95. The van der Waals surface area contributed by atoms with Gasteiger partial charge in [-0.2, -0.15) is 0 Å². The van der Waals surface area contributed by atoms with Crippen LogP contribution in [0, 0.1) is 3.57 Å². The van der Waals surface area contributed by atoms with Crippen LogP contribution >= 0.6 is 22.6 Å². The molecular weight excluding hydrogens is 251 g/mol. The zero-order valence-corrected chi connectivity index (χ0v) is 8.83. The van der Waals surface area contributed by atoms with Crippen molar-refractivity contribution in [3.63, 3.8) is 0 Å². The predicted molar refractivity (Wildman–Crippen MR) is 54.9 cm³/mol. The van der Waals surface area contributed by atoms with Gasteiger partial charge in [0.05, 0.1) is 6.10 Å². The summed E-state index contributed by atoms with van der Waals surface area (Å²) in [5, 5.41) is 0. The largest absolute Gasteiger partial charge is 0.491 e. The van der Waals surface area contributed by atoms with E-state index in [4.69, 9.17) is 4.74 Å². The summed E-state index contributed by atoms with van der Waals surface area (Å²) in [7, 11) is 0. The summed E-state index contributed by atoms with van der Waals surface area (Å²) < 4.78 is 6.70. The number of ether oxygens (including phenoxy) is 1. The van der Waals surface area contributed by atoms with Crippen molar-refractivity contribution in [1.82, 2.24) is 0 Å². The average molecular weight is 262 g/mol. The summed E-state index contributed by atoms with van der Waals surface area (Å²) in [5.41, 5.74) is 0. The maximum absolute atomic E-state index is 5.49. The molecule has 1 aromatic rings. The predicted octanol–water partition coefficient (Wildman–Crippen LogP) is 3.08. The van der Waals surface area contributed by atoms with Crippen LogP contribution in [0.15, 0.2) is 24.3 Å². The van der Waals surface area contributed by atoms with E-state index < -0.39 is 0 Å². The first-order valence-corrected chi connectivity index (χ1v) is 4.68. The van der Waals surface area contributed by atoms with Crippen LogP contribution in [0.4, 0.5) is 0 Å². The molecule has 0 atom stereocenters. The quantitative estimate of drug-likeness (QED) is 0.744. The minimum atomic E-state index is 0.258. The molecule has 0 unspecified atom stereocenters. The van der Waals surface area contributed by atoms with E-state index in [1.54, 1.807) is 0 Å². The lowest BCUT2D eigenvalue weighted by Crippen LogP contribution is -2.05. The van der Waals surface area contributed by atoms with Crippen LogP contribution in [0.2, 0.25) is 0 Å². The summed E-state index contributed by atoms with van der Waals surface area (Å²) in [6.45, 7) is 4.06. The molecule has 0 N–H and O–H groups in total. The van der Waals surface area contributed by atoms with Crippen molar-refractivity contribution >= 4 is 22.6 Å². The number of hydrogen-bond acceptors (Lipinski definition) is 1. The Labute approximate surface area is 80.9 Å². The van der Waals surface area contributed by atoms with Crippen molar-refractivity contribution in [2.45, 2.75) is 20.0 Å². The molecule has 1 rings (SSSR count). The standard InChI is InChI=1S/C9H11IO/c1-7(2)11-9-5-3-4-8(10)6-9/h3-7H,1-2H3. The smallest absolute Gasteiger partial charge is 0.120 e. The topological polar surface area (TPSA) is 9.23 Å². The van der Waals surface area contributed by atoms with Crippen molar-refractivity contribution in [3.8, 4) is 5.75 Å². The highest BCUT2D eigenvalue weighted by atomic mass is 127. The highest BCUT2D eigenvalue weighted by Gasteiger charge is 1.96. The number of halogens is 1. The van der Waals surface area contributed by atoms with E-state index in [0.717, 1.165) is 5.75 Å². The fourth-order valence-corrected chi connectivity index (χ4v) is 1.33. The van der Waals surface area contributed by atoms with Gasteiger partial charge in [0.25, 0.3) is 0 Å². The molecule has 0 fully saturated rings. The molecule has 60 valence electrons. The molecule has 1 aromatic carbocycles. The fourth-order valence-electron chi connectivity index (χ4n) is 0.812. The van der Waals surface area contributed by atoms with Crippen LogP contribution < -0.4 is 4.74 Å². The van der Waals surface area contributed by atoms with Gasteiger partial charge in [0.1, 0.15) is 5.75 Å². The third-order valence-electron chi connectivity index (χ3n) is 1.17. The van der Waals surface area contributed by atoms with Gasteiger partial charge in [0.2, 0.25) is 0 Å². The second-order valence-corrected chi connectivity index (χ2v) is 3.87. The van der Waals surface area contributed by atoms with Gasteiger partial charge in [-0.3, -0.25) is 0 Å². The molecule has 0 amide bonds. The molecule has 11 heavy (non-hydrogen) atoms. The Hall–Kier alpha value is -0.250. The zero-order valence-electron chi connectivity index (χ0n) is 6.67. The summed E-state index contributed by atoms with van der Waals surface area (Å²) in [6, 6.07) is 8.05. The van der Waals surface area contributed by atoms with Crippen molar-refractivity contribution in [3.05, 3.63) is 27.8 Å². The third kappa shape index (κ3) is 3.10. The average Bonchev–Trinajstić information content (AvgIpc) is 1.85. The minimum absolute atomic E-state index is 0.258. The SMILES string of the molecule is CC(C)Oc1cccc(I)c1. The third-order valence-corrected chi connectivity index (χ3v) is 1.84. The fraction of sp³-hybridized carbons (Fsp3) is 0.333. The zero-order chi connectivity index (χ0) is 8.27. The van der Waals surface area contributed by atoms with Gasteiger partial charge in [-0.05, 0) is 54.6 Å². The Bertz CT molecular complexity index is 233. The Morgan fingerprint density at radius 3 is 2.64 bits per heavy atom. The van der Waals surface area contributed by atoms with Gasteiger partial charge < -0.3 is 4.74 Å². The van der Waals surface area contributed by atoms with E-state index in [-0.39, 0.29) is 6.10 Å². The van der Waals surface area contributed by atoms with Gasteiger partial charge >= 0.3 is 0 Å². The molecule has 1 nitrogen and oxygen atoms in total. The van der Waals surface area contributed by atoms with Crippen molar-refractivity contribution < 1.29 is 4.74 Å². The summed E-state index contributed by atoms with van der Waals surface area (Å²) in [6.07, 6.45) is 0.258. The monoisotopic (exact) mass is 262 g/mol. The maximum Gasteiger partial charge on any atom is 0.120 e. The Kier molecular flexibility index (Phi) is 3.17. The number of benzene rings is 1. The van der Waals surface area contributed by atoms with Crippen molar-refractivity contribution in [1.29, 1.82) is 0 Å². The van der Waals surface area contributed by atoms with Crippen LogP contribution in [0.25, 0.3) is 0 Å². The molecule has 2 heteroatoms. The molecular formula is C9H11IO. The van der Waals surface area contributed by atoms with E-state index in [9.17, 15) is 0 Å². The summed E-state index contributed by atoms with van der Waals surface area (Å²) in [5.74, 6) is 0.951. The molecule has 0 aliphatic heterocycles. The van der Waals surface area contributed by atoms with Gasteiger partial charge in [-0.1, -0.05) is 6.07 Å². The maximum atomic E-state index is 5.49. The van der Waals surface area contributed by atoms with Crippen LogP contribution in [0.3, 0.4) is 0 Å². The van der Waals surface area contributed by atoms with Gasteiger partial charge in [0.15, 0.2) is 0 Å². The highest BCUT2D eigenvalue weighted by Crippen LogP contribution is 2.15. The van der Waals surface area contributed by atoms with E-state index in [1.165, 1.54) is 3.57 Å². The van der Waals surface area contributed by atoms with Gasteiger partial charge in [-0.25, -0.2) is 0 Å². The first kappa shape index (κ1) is 8.84. The Balaban J connectivity index is 2.71. The van der Waals surface area contributed by atoms with E-state index in [0.29, 0.717) is 0 Å². The van der Waals surface area contributed by atoms with Crippen LogP contribution in [-0.2, 0) is 0 Å². The van der Waals surface area contributed by atoms with E-state index in [2.05, 4.69) is 22.6 Å². The van der Waals surface area contributed by atoms with Crippen LogP contribution in [0.1, 0.15) is 13.8 Å². The molecule has 0 aliphatic carbocycles. The first-order valence-electron chi connectivity index (χ1n) is 3.60. The molecule has 0 aliphatic rings. The Morgan fingerprint density at radius 2 is 2.09 bits per heavy atom. The van der Waals surface area contributed by atoms with Crippen LogP contribution in [0.5, 0.6) is 5.75 Å². The summed E-state index contributed by atoms with van der Waals surface area (Å²) >= 11 is 2.27.